The fourth-order valence-electron chi connectivity index (χ4n) is 2.14. The van der Waals surface area contributed by atoms with E-state index >= 15 is 0 Å². The first kappa shape index (κ1) is 16.3. The van der Waals surface area contributed by atoms with Gasteiger partial charge in [0, 0.05) is 6.07 Å². The van der Waals surface area contributed by atoms with E-state index in [0.717, 1.165) is 6.07 Å². The van der Waals surface area contributed by atoms with Crippen LogP contribution in [0.15, 0.2) is 28.7 Å². The Morgan fingerprint density at radius 2 is 2.04 bits per heavy atom. The van der Waals surface area contributed by atoms with Gasteiger partial charge in [0.1, 0.15) is 11.5 Å². The third kappa shape index (κ3) is 3.39. The van der Waals surface area contributed by atoms with Crippen molar-refractivity contribution in [1.82, 2.24) is 0 Å². The highest BCUT2D eigenvalue weighted by Gasteiger charge is 2.19. The van der Waals surface area contributed by atoms with Crippen molar-refractivity contribution in [3.05, 3.63) is 57.0 Å². The molecular formula is C16H15NO6. The van der Waals surface area contributed by atoms with Gasteiger partial charge in [0.2, 0.25) is 5.75 Å². The predicted octanol–water partition coefficient (Wildman–Crippen LogP) is 3.41. The minimum Gasteiger partial charge on any atom is -0.500 e. The van der Waals surface area contributed by atoms with Crippen molar-refractivity contribution in [3.8, 4) is 11.5 Å². The third-order valence-electron chi connectivity index (χ3n) is 3.23. The molecule has 0 aliphatic carbocycles. The molecule has 0 atom stereocenters. The number of ether oxygens (including phenoxy) is 1. The lowest BCUT2D eigenvalue weighted by Gasteiger charge is -2.05. The number of furan rings is 1. The number of methoxy groups -OCH3 is 1. The van der Waals surface area contributed by atoms with Gasteiger partial charge in [0.15, 0.2) is 11.5 Å². The Morgan fingerprint density at radius 1 is 1.35 bits per heavy atom. The number of nitro groups is 1. The van der Waals surface area contributed by atoms with E-state index in [1.165, 1.54) is 25.3 Å². The van der Waals surface area contributed by atoms with Crippen molar-refractivity contribution in [2.24, 2.45) is 0 Å². The molecule has 0 bridgehead atoms. The molecule has 1 N–H and O–H groups in total. The van der Waals surface area contributed by atoms with Crippen LogP contribution in [0, 0.1) is 24.0 Å². The van der Waals surface area contributed by atoms with E-state index in [-0.39, 0.29) is 11.5 Å². The monoisotopic (exact) mass is 317 g/mol. The summed E-state index contributed by atoms with van der Waals surface area (Å²) >= 11 is 0. The molecule has 2 aromatic rings. The Labute approximate surface area is 132 Å². The van der Waals surface area contributed by atoms with Gasteiger partial charge < -0.3 is 14.3 Å². The maximum absolute atomic E-state index is 12.1. The Bertz CT molecular complexity index is 803. The summed E-state index contributed by atoms with van der Waals surface area (Å²) in [4.78, 5) is 22.3. The molecule has 120 valence electrons. The van der Waals surface area contributed by atoms with Crippen LogP contribution in [0.5, 0.6) is 11.5 Å². The van der Waals surface area contributed by atoms with E-state index in [9.17, 15) is 20.0 Å². The van der Waals surface area contributed by atoms with Crippen LogP contribution in [-0.4, -0.2) is 22.9 Å². The number of carbonyl (C=O) groups excluding carboxylic acids is 1. The SMILES string of the molecule is COc1cc(/C=C/C(=O)c2cc(C)oc2C)cc([N+](=O)[O-])c1O. The smallest absolute Gasteiger partial charge is 0.315 e. The molecule has 0 spiro atoms. The lowest BCUT2D eigenvalue weighted by molar-refractivity contribution is -0.386. The summed E-state index contributed by atoms with van der Waals surface area (Å²) in [6, 6.07) is 4.19. The molecule has 7 nitrogen and oxygen atoms in total. The number of phenols is 1. The van der Waals surface area contributed by atoms with Crippen molar-refractivity contribution in [2.45, 2.75) is 13.8 Å². The van der Waals surface area contributed by atoms with Crippen molar-refractivity contribution in [2.75, 3.05) is 7.11 Å². The zero-order chi connectivity index (χ0) is 17.1. The molecular weight excluding hydrogens is 302 g/mol. The molecule has 0 fully saturated rings. The lowest BCUT2D eigenvalue weighted by atomic mass is 10.1. The number of nitro benzene ring substituents is 1. The molecule has 0 aliphatic rings. The molecule has 0 saturated carbocycles. The molecule has 23 heavy (non-hydrogen) atoms. The normalized spacial score (nSPS) is 10.9. The lowest BCUT2D eigenvalue weighted by Crippen LogP contribution is -1.95. The molecule has 7 heteroatoms. The second-order valence-corrected chi connectivity index (χ2v) is 4.87. The van der Waals surface area contributed by atoms with Crippen molar-refractivity contribution in [1.29, 1.82) is 0 Å². The highest BCUT2D eigenvalue weighted by molar-refractivity contribution is 6.07. The fraction of sp³-hybridized carbons (Fsp3) is 0.188. The van der Waals surface area contributed by atoms with Crippen LogP contribution in [-0.2, 0) is 0 Å². The quantitative estimate of drug-likeness (QED) is 0.392. The number of hydrogen-bond acceptors (Lipinski definition) is 6. The molecule has 1 aromatic carbocycles. The molecule has 0 aliphatic heterocycles. The highest BCUT2D eigenvalue weighted by Crippen LogP contribution is 2.37. The summed E-state index contributed by atoms with van der Waals surface area (Å²) in [5.74, 6) is 0.255. The number of benzene rings is 1. The summed E-state index contributed by atoms with van der Waals surface area (Å²) in [6.07, 6.45) is 2.70. The highest BCUT2D eigenvalue weighted by atomic mass is 16.6. The Kier molecular flexibility index (Phi) is 4.49. The predicted molar refractivity (Wildman–Crippen MR) is 82.9 cm³/mol. The summed E-state index contributed by atoms with van der Waals surface area (Å²) in [5, 5.41) is 20.6. The summed E-state index contributed by atoms with van der Waals surface area (Å²) < 4.78 is 10.2. The van der Waals surface area contributed by atoms with Crippen LogP contribution < -0.4 is 4.74 Å². The van der Waals surface area contributed by atoms with Crippen LogP contribution in [0.3, 0.4) is 0 Å². The molecule has 0 saturated heterocycles. The summed E-state index contributed by atoms with van der Waals surface area (Å²) in [7, 11) is 1.29. The topological polar surface area (TPSA) is 103 Å². The minimum atomic E-state index is -0.722. The van der Waals surface area contributed by atoms with Crippen LogP contribution in [0.4, 0.5) is 5.69 Å². The maximum Gasteiger partial charge on any atom is 0.315 e. The van der Waals surface area contributed by atoms with Crippen LogP contribution in [0.1, 0.15) is 27.4 Å². The van der Waals surface area contributed by atoms with E-state index in [1.54, 1.807) is 19.9 Å². The van der Waals surface area contributed by atoms with E-state index in [1.807, 2.05) is 0 Å². The third-order valence-corrected chi connectivity index (χ3v) is 3.23. The number of carbonyl (C=O) groups is 1. The van der Waals surface area contributed by atoms with E-state index < -0.39 is 16.4 Å². The number of aromatic hydroxyl groups is 1. The fourth-order valence-corrected chi connectivity index (χ4v) is 2.14. The van der Waals surface area contributed by atoms with E-state index in [2.05, 4.69) is 0 Å². The number of ketones is 1. The van der Waals surface area contributed by atoms with Gasteiger partial charge in [-0.05, 0) is 37.6 Å². The average molecular weight is 317 g/mol. The molecule has 0 radical (unpaired) electrons. The number of hydrogen-bond donors (Lipinski definition) is 1. The van der Waals surface area contributed by atoms with Gasteiger partial charge in [0.25, 0.3) is 0 Å². The van der Waals surface area contributed by atoms with Crippen molar-refractivity contribution < 1.29 is 24.0 Å². The number of nitrogens with zero attached hydrogens (tertiary/aromatic N) is 1. The van der Waals surface area contributed by atoms with E-state index in [0.29, 0.717) is 22.6 Å². The zero-order valence-corrected chi connectivity index (χ0v) is 12.8. The Balaban J connectivity index is 2.36. The first-order valence-electron chi connectivity index (χ1n) is 6.68. The van der Waals surface area contributed by atoms with Gasteiger partial charge in [-0.25, -0.2) is 0 Å². The standard InChI is InChI=1S/C16H15NO6/c1-9-6-12(10(2)23-9)14(18)5-4-11-7-13(17(20)21)16(19)15(8-11)22-3/h4-8,19H,1-3H3/b5-4+. The maximum atomic E-state index is 12.1. The Morgan fingerprint density at radius 3 is 2.57 bits per heavy atom. The van der Waals surface area contributed by atoms with Gasteiger partial charge in [-0.2, -0.15) is 0 Å². The molecule has 0 unspecified atom stereocenters. The first-order valence-corrected chi connectivity index (χ1v) is 6.68. The van der Waals surface area contributed by atoms with Gasteiger partial charge in [-0.15, -0.1) is 0 Å². The zero-order valence-electron chi connectivity index (χ0n) is 12.8. The minimum absolute atomic E-state index is 0.0402. The van der Waals surface area contributed by atoms with Gasteiger partial charge in [-0.1, -0.05) is 6.08 Å². The molecule has 1 heterocycles. The van der Waals surface area contributed by atoms with Crippen molar-refractivity contribution in [3.63, 3.8) is 0 Å². The Hall–Kier alpha value is -3.09. The van der Waals surface area contributed by atoms with E-state index in [4.69, 9.17) is 9.15 Å². The van der Waals surface area contributed by atoms with Crippen LogP contribution >= 0.6 is 0 Å². The van der Waals surface area contributed by atoms with Crippen LogP contribution in [0.25, 0.3) is 6.08 Å². The van der Waals surface area contributed by atoms with Gasteiger partial charge in [0.05, 0.1) is 17.6 Å². The number of aryl methyl sites for hydroxylation is 2. The van der Waals surface area contributed by atoms with Crippen molar-refractivity contribution >= 4 is 17.5 Å². The molecule has 2 rings (SSSR count). The second kappa shape index (κ2) is 6.35. The summed E-state index contributed by atoms with van der Waals surface area (Å²) in [6.45, 7) is 3.42. The number of allylic oxidation sites excluding steroid dienone is 1. The van der Waals surface area contributed by atoms with Gasteiger partial charge >= 0.3 is 5.69 Å². The molecule has 0 amide bonds. The average Bonchev–Trinajstić information content (AvgIpc) is 2.84. The van der Waals surface area contributed by atoms with Crippen LogP contribution in [0.2, 0.25) is 0 Å². The summed E-state index contributed by atoms with van der Waals surface area (Å²) in [5.41, 5.74) is 0.295. The number of phenolic OH excluding ortho intramolecular Hbond substituents is 1. The molecule has 1 aromatic heterocycles. The first-order chi connectivity index (χ1) is 10.8. The second-order valence-electron chi connectivity index (χ2n) is 4.87. The van der Waals surface area contributed by atoms with Gasteiger partial charge in [-0.3, -0.25) is 14.9 Å². The largest absolute Gasteiger partial charge is 0.500 e. The number of rotatable bonds is 5.